The van der Waals surface area contributed by atoms with E-state index in [2.05, 4.69) is 15.8 Å². The molecule has 1 atom stereocenters. The van der Waals surface area contributed by atoms with Gasteiger partial charge in [-0.05, 0) is 18.5 Å². The third-order valence-corrected chi connectivity index (χ3v) is 1.58. The molecule has 2 N–H and O–H groups in total. The van der Waals surface area contributed by atoms with E-state index in [0.29, 0.717) is 0 Å². The number of hydrogen-bond donors (Lipinski definition) is 1. The van der Waals surface area contributed by atoms with Crippen LogP contribution in [-0.2, 0) is 0 Å². The summed E-state index contributed by atoms with van der Waals surface area (Å²) in [6.45, 7) is 1.88. The van der Waals surface area contributed by atoms with Crippen molar-refractivity contribution in [2.75, 3.05) is 0 Å². The first-order chi connectivity index (χ1) is 3.80. The Kier molecular flexibility index (Phi) is 1.55. The lowest BCUT2D eigenvalue weighted by atomic mass is 10.3. The van der Waals surface area contributed by atoms with E-state index in [9.17, 15) is 0 Å². The van der Waals surface area contributed by atoms with Crippen molar-refractivity contribution in [2.24, 2.45) is 5.73 Å². The van der Waals surface area contributed by atoms with Crippen LogP contribution >= 0.6 is 11.5 Å². The molecular formula is C4H6N3S. The molecule has 0 aromatic carbocycles. The van der Waals surface area contributed by atoms with Gasteiger partial charge in [0.25, 0.3) is 0 Å². The quantitative estimate of drug-likeness (QED) is 0.594. The van der Waals surface area contributed by atoms with Gasteiger partial charge in [0.15, 0.2) is 0 Å². The zero-order valence-electron chi connectivity index (χ0n) is 4.46. The summed E-state index contributed by atoms with van der Waals surface area (Å²) >= 11 is 1.29. The van der Waals surface area contributed by atoms with Gasteiger partial charge in [-0.15, -0.1) is 5.10 Å². The van der Waals surface area contributed by atoms with Crippen LogP contribution in [0.15, 0.2) is 0 Å². The van der Waals surface area contributed by atoms with Crippen molar-refractivity contribution in [2.45, 2.75) is 13.0 Å². The van der Waals surface area contributed by atoms with Crippen LogP contribution in [-0.4, -0.2) is 9.59 Å². The Balaban J connectivity index is 2.77. The maximum absolute atomic E-state index is 5.46. The molecule has 1 unspecified atom stereocenters. The average Bonchev–Trinajstić information content (AvgIpc) is 2.12. The van der Waals surface area contributed by atoms with Gasteiger partial charge in [0.05, 0.1) is 4.88 Å². The Hall–Kier alpha value is -0.480. The molecule has 0 saturated heterocycles. The van der Waals surface area contributed by atoms with Crippen molar-refractivity contribution in [3.8, 4) is 0 Å². The van der Waals surface area contributed by atoms with E-state index < -0.39 is 0 Å². The molecule has 0 aliphatic rings. The molecule has 0 bridgehead atoms. The molecule has 1 aromatic rings. The third-order valence-electron chi connectivity index (χ3n) is 0.754. The van der Waals surface area contributed by atoms with Crippen LogP contribution in [0.4, 0.5) is 0 Å². The third kappa shape index (κ3) is 1.02. The summed E-state index contributed by atoms with van der Waals surface area (Å²) in [4.78, 5) is 0.907. The monoisotopic (exact) mass is 128 g/mol. The van der Waals surface area contributed by atoms with Gasteiger partial charge in [-0.3, -0.25) is 0 Å². The molecule has 0 aliphatic heterocycles. The van der Waals surface area contributed by atoms with Crippen molar-refractivity contribution >= 4 is 11.5 Å². The van der Waals surface area contributed by atoms with E-state index in [1.807, 2.05) is 6.92 Å². The lowest BCUT2D eigenvalue weighted by Gasteiger charge is -1.93. The van der Waals surface area contributed by atoms with Crippen LogP contribution in [0, 0.1) is 6.20 Å². The molecular weight excluding hydrogens is 122 g/mol. The normalized spacial score (nSPS) is 13.8. The second-order valence-electron chi connectivity index (χ2n) is 1.54. The predicted molar refractivity (Wildman–Crippen MR) is 31.3 cm³/mol. The molecule has 0 spiro atoms. The molecule has 0 amide bonds. The summed E-state index contributed by atoms with van der Waals surface area (Å²) in [6.07, 6.45) is 2.67. The molecule has 0 fully saturated rings. The lowest BCUT2D eigenvalue weighted by molar-refractivity contribution is 0.832. The molecule has 1 aromatic heterocycles. The Labute approximate surface area is 51.7 Å². The van der Waals surface area contributed by atoms with Gasteiger partial charge in [-0.25, -0.2) is 0 Å². The van der Waals surface area contributed by atoms with E-state index >= 15 is 0 Å². The zero-order valence-corrected chi connectivity index (χ0v) is 5.27. The lowest BCUT2D eigenvalue weighted by Crippen LogP contribution is -2.01. The van der Waals surface area contributed by atoms with E-state index in [1.165, 1.54) is 11.5 Å². The molecule has 0 aliphatic carbocycles. The first kappa shape index (κ1) is 5.65. The summed E-state index contributed by atoms with van der Waals surface area (Å²) in [5.41, 5.74) is 5.46. The highest BCUT2D eigenvalue weighted by Crippen LogP contribution is 2.09. The Morgan fingerprint density at radius 1 is 1.88 bits per heavy atom. The number of rotatable bonds is 1. The van der Waals surface area contributed by atoms with E-state index in [0.717, 1.165) is 4.88 Å². The highest BCUT2D eigenvalue weighted by molar-refractivity contribution is 7.05. The van der Waals surface area contributed by atoms with Gasteiger partial charge in [-0.2, -0.15) is 0 Å². The maximum atomic E-state index is 5.46. The van der Waals surface area contributed by atoms with Crippen LogP contribution in [0.5, 0.6) is 0 Å². The van der Waals surface area contributed by atoms with Crippen LogP contribution in [0.2, 0.25) is 0 Å². The van der Waals surface area contributed by atoms with E-state index in [4.69, 9.17) is 5.73 Å². The van der Waals surface area contributed by atoms with Crippen LogP contribution in [0.3, 0.4) is 0 Å². The van der Waals surface area contributed by atoms with Gasteiger partial charge >= 0.3 is 0 Å². The Bertz CT molecular complexity index is 146. The van der Waals surface area contributed by atoms with Crippen LogP contribution in [0.25, 0.3) is 0 Å². The smallest absolute Gasteiger partial charge is 0.132 e. The summed E-state index contributed by atoms with van der Waals surface area (Å²) < 4.78 is 3.60. The molecule has 0 saturated carbocycles. The number of hydrogen-bond acceptors (Lipinski definition) is 4. The first-order valence-electron chi connectivity index (χ1n) is 2.26. The van der Waals surface area contributed by atoms with E-state index in [1.54, 1.807) is 0 Å². The molecule has 1 radical (unpaired) electrons. The summed E-state index contributed by atoms with van der Waals surface area (Å²) in [5.74, 6) is 0. The van der Waals surface area contributed by atoms with Crippen molar-refractivity contribution in [3.05, 3.63) is 11.1 Å². The van der Waals surface area contributed by atoms with Gasteiger partial charge in [0.2, 0.25) is 0 Å². The molecule has 8 heavy (non-hydrogen) atoms. The van der Waals surface area contributed by atoms with E-state index in [-0.39, 0.29) is 6.04 Å². The molecule has 3 nitrogen and oxygen atoms in total. The fraction of sp³-hybridized carbons (Fsp3) is 0.500. The Morgan fingerprint density at radius 3 is 2.88 bits per heavy atom. The molecule has 43 valence electrons. The first-order valence-corrected chi connectivity index (χ1v) is 3.03. The minimum absolute atomic E-state index is 0.0231. The average molecular weight is 128 g/mol. The van der Waals surface area contributed by atoms with Crippen LogP contribution < -0.4 is 5.73 Å². The number of nitrogens with two attached hydrogens (primary N) is 1. The minimum atomic E-state index is 0.0231. The second-order valence-corrected chi connectivity index (χ2v) is 2.32. The van der Waals surface area contributed by atoms with Crippen molar-refractivity contribution in [3.63, 3.8) is 0 Å². The Morgan fingerprint density at radius 2 is 2.62 bits per heavy atom. The summed E-state index contributed by atoms with van der Waals surface area (Å²) in [7, 11) is 0. The van der Waals surface area contributed by atoms with Crippen molar-refractivity contribution < 1.29 is 0 Å². The highest BCUT2D eigenvalue weighted by atomic mass is 32.1. The van der Waals surface area contributed by atoms with Gasteiger partial charge in [0, 0.05) is 6.04 Å². The number of nitrogens with zero attached hydrogens (tertiary/aromatic N) is 2. The fourth-order valence-electron chi connectivity index (χ4n) is 0.339. The molecule has 1 heterocycles. The maximum Gasteiger partial charge on any atom is 0.132 e. The number of aromatic nitrogens is 2. The fourth-order valence-corrected chi connectivity index (χ4v) is 0.757. The molecule has 1 rings (SSSR count). The summed E-state index contributed by atoms with van der Waals surface area (Å²) in [5, 5.41) is 3.51. The second kappa shape index (κ2) is 2.19. The topological polar surface area (TPSA) is 51.8 Å². The van der Waals surface area contributed by atoms with Gasteiger partial charge in [0.1, 0.15) is 6.20 Å². The van der Waals surface area contributed by atoms with Crippen molar-refractivity contribution in [1.29, 1.82) is 0 Å². The zero-order chi connectivity index (χ0) is 5.98. The highest BCUT2D eigenvalue weighted by Gasteiger charge is 1.99. The molecule has 4 heteroatoms. The largest absolute Gasteiger partial charge is 0.323 e. The minimum Gasteiger partial charge on any atom is -0.323 e. The predicted octanol–water partition coefficient (Wildman–Crippen LogP) is 0.358. The standard InChI is InChI=1S/C4H6N3S/c1-3(5)4-2-6-7-8-4/h3H,5H2,1H3. The SMILES string of the molecule is CC(N)c1[c]nns1. The summed E-state index contributed by atoms with van der Waals surface area (Å²) in [6, 6.07) is 0.0231. The van der Waals surface area contributed by atoms with Crippen LogP contribution in [0.1, 0.15) is 17.8 Å². The van der Waals surface area contributed by atoms with Crippen molar-refractivity contribution in [1.82, 2.24) is 9.59 Å². The van der Waals surface area contributed by atoms with Gasteiger partial charge < -0.3 is 5.73 Å². The van der Waals surface area contributed by atoms with Gasteiger partial charge in [-0.1, -0.05) is 4.49 Å².